The van der Waals surface area contributed by atoms with Crippen LogP contribution in [0.15, 0.2) is 48.5 Å². The first-order chi connectivity index (χ1) is 15.3. The maximum Gasteiger partial charge on any atom is 0.409 e. The Morgan fingerprint density at radius 3 is 2.25 bits per heavy atom. The lowest BCUT2D eigenvalue weighted by Gasteiger charge is -2.46. The van der Waals surface area contributed by atoms with E-state index in [0.717, 1.165) is 31.0 Å². The number of piperidine rings is 1. The molecular formula is C25H32N4O3. The summed E-state index contributed by atoms with van der Waals surface area (Å²) in [5.74, 6) is 0.620. The lowest BCUT2D eigenvalue weighted by molar-refractivity contribution is 0.0660. The highest BCUT2D eigenvalue weighted by Gasteiger charge is 2.37. The summed E-state index contributed by atoms with van der Waals surface area (Å²) in [5, 5.41) is 17.7. The van der Waals surface area contributed by atoms with Crippen LogP contribution in [0.1, 0.15) is 49.9 Å². The van der Waals surface area contributed by atoms with E-state index in [1.165, 1.54) is 19.4 Å². The lowest BCUT2D eigenvalue weighted by Crippen LogP contribution is -2.53. The molecule has 170 valence electrons. The van der Waals surface area contributed by atoms with Gasteiger partial charge in [-0.1, -0.05) is 12.1 Å². The molecule has 2 amide bonds. The molecule has 2 aromatic carbocycles. The Labute approximate surface area is 189 Å². The standard InChI is InChI=1S/C25H32N4O3/c1-25(2)15-20(13-14-29(25)16-17-7-8-17)26-19-11-9-18(10-12-19)23(30)27-21-5-3-4-6-22(21)28-24(31)32/h3-6,9-12,17,20,26,28H,7-8,13-16H2,1-2H3,(H,27,30)(H,31,32). The number of hydrogen-bond acceptors (Lipinski definition) is 4. The van der Waals surface area contributed by atoms with Gasteiger partial charge < -0.3 is 15.7 Å². The Morgan fingerprint density at radius 2 is 1.66 bits per heavy atom. The molecule has 2 aromatic rings. The molecular weight excluding hydrogens is 404 g/mol. The number of likely N-dealkylation sites (tertiary alicyclic amines) is 1. The van der Waals surface area contributed by atoms with Gasteiger partial charge in [-0.05, 0) is 81.8 Å². The molecule has 1 atom stereocenters. The number of benzene rings is 2. The second-order valence-corrected chi connectivity index (χ2v) is 9.54. The van der Waals surface area contributed by atoms with Crippen molar-refractivity contribution in [2.24, 2.45) is 5.92 Å². The zero-order valence-electron chi connectivity index (χ0n) is 18.7. The highest BCUT2D eigenvalue weighted by Crippen LogP contribution is 2.36. The Bertz CT molecular complexity index is 969. The van der Waals surface area contributed by atoms with Gasteiger partial charge >= 0.3 is 6.09 Å². The van der Waals surface area contributed by atoms with Gasteiger partial charge in [0, 0.05) is 35.9 Å². The molecule has 0 radical (unpaired) electrons. The molecule has 2 fully saturated rings. The zero-order chi connectivity index (χ0) is 22.7. The number of carbonyl (C=O) groups is 2. The quantitative estimate of drug-likeness (QED) is 0.485. The molecule has 4 rings (SSSR count). The molecule has 32 heavy (non-hydrogen) atoms. The summed E-state index contributed by atoms with van der Waals surface area (Å²) in [4.78, 5) is 26.3. The van der Waals surface area contributed by atoms with E-state index in [1.807, 2.05) is 12.1 Å². The van der Waals surface area contributed by atoms with Gasteiger partial charge in [0.25, 0.3) is 5.91 Å². The second kappa shape index (κ2) is 9.20. The summed E-state index contributed by atoms with van der Waals surface area (Å²) in [5.41, 5.74) is 2.46. The van der Waals surface area contributed by atoms with Gasteiger partial charge in [0.2, 0.25) is 0 Å². The van der Waals surface area contributed by atoms with Crippen LogP contribution in [0.2, 0.25) is 0 Å². The van der Waals surface area contributed by atoms with Crippen molar-refractivity contribution >= 4 is 29.1 Å². The SMILES string of the molecule is CC1(C)CC(Nc2ccc(C(=O)Nc3ccccc3NC(=O)O)cc2)CCN1CC1CC1. The Kier molecular flexibility index (Phi) is 6.37. The molecule has 1 saturated carbocycles. The largest absolute Gasteiger partial charge is 0.465 e. The van der Waals surface area contributed by atoms with Crippen molar-refractivity contribution in [2.75, 3.05) is 29.0 Å². The van der Waals surface area contributed by atoms with Crippen molar-refractivity contribution in [1.29, 1.82) is 0 Å². The van der Waals surface area contributed by atoms with Crippen molar-refractivity contribution in [2.45, 2.75) is 51.1 Å². The highest BCUT2D eigenvalue weighted by molar-refractivity contribution is 6.06. The minimum Gasteiger partial charge on any atom is -0.465 e. The van der Waals surface area contributed by atoms with Crippen molar-refractivity contribution in [3.63, 3.8) is 0 Å². The summed E-state index contributed by atoms with van der Waals surface area (Å²) in [6.45, 7) is 7.03. The van der Waals surface area contributed by atoms with E-state index in [2.05, 4.69) is 34.7 Å². The number of hydrogen-bond donors (Lipinski definition) is 4. The third-order valence-electron chi connectivity index (χ3n) is 6.46. The van der Waals surface area contributed by atoms with Gasteiger partial charge in [0.05, 0.1) is 11.4 Å². The normalized spacial score (nSPS) is 20.4. The minimum absolute atomic E-state index is 0.190. The van der Waals surface area contributed by atoms with E-state index in [-0.39, 0.29) is 11.4 Å². The van der Waals surface area contributed by atoms with E-state index in [0.29, 0.717) is 23.0 Å². The van der Waals surface area contributed by atoms with E-state index in [9.17, 15) is 9.59 Å². The first-order valence-electron chi connectivity index (χ1n) is 11.3. The average molecular weight is 437 g/mol. The van der Waals surface area contributed by atoms with Crippen LogP contribution in [0.25, 0.3) is 0 Å². The van der Waals surface area contributed by atoms with Gasteiger partial charge in [-0.25, -0.2) is 4.79 Å². The van der Waals surface area contributed by atoms with Crippen LogP contribution in [-0.2, 0) is 0 Å². The molecule has 1 saturated heterocycles. The summed E-state index contributed by atoms with van der Waals surface area (Å²) >= 11 is 0. The second-order valence-electron chi connectivity index (χ2n) is 9.54. The van der Waals surface area contributed by atoms with Crippen LogP contribution in [-0.4, -0.2) is 46.7 Å². The third kappa shape index (κ3) is 5.59. The fraction of sp³-hybridized carbons (Fsp3) is 0.440. The molecule has 4 N–H and O–H groups in total. The monoisotopic (exact) mass is 436 g/mol. The van der Waals surface area contributed by atoms with Crippen molar-refractivity contribution in [1.82, 2.24) is 4.90 Å². The first-order valence-corrected chi connectivity index (χ1v) is 11.3. The predicted octanol–water partition coefficient (Wildman–Crippen LogP) is 5.09. The zero-order valence-corrected chi connectivity index (χ0v) is 18.7. The van der Waals surface area contributed by atoms with Crippen molar-refractivity contribution in [3.05, 3.63) is 54.1 Å². The summed E-state index contributed by atoms with van der Waals surface area (Å²) in [6, 6.07) is 14.6. The van der Waals surface area contributed by atoms with E-state index in [4.69, 9.17) is 5.11 Å². The van der Waals surface area contributed by atoms with Crippen LogP contribution < -0.4 is 16.0 Å². The van der Waals surface area contributed by atoms with Gasteiger partial charge in [0.15, 0.2) is 0 Å². The predicted molar refractivity (Wildman–Crippen MR) is 128 cm³/mol. The van der Waals surface area contributed by atoms with Crippen LogP contribution in [0.4, 0.5) is 21.9 Å². The number of para-hydroxylation sites is 2. The number of anilines is 3. The number of carboxylic acid groups (broad SMARTS) is 1. The maximum absolute atomic E-state index is 12.7. The molecule has 1 aliphatic heterocycles. The first kappa shape index (κ1) is 22.1. The fourth-order valence-electron chi connectivity index (χ4n) is 4.49. The van der Waals surface area contributed by atoms with Gasteiger partial charge in [0.1, 0.15) is 0 Å². The number of nitrogens with one attached hydrogen (secondary N) is 3. The fourth-order valence-corrected chi connectivity index (χ4v) is 4.49. The van der Waals surface area contributed by atoms with E-state index in [1.54, 1.807) is 36.4 Å². The summed E-state index contributed by atoms with van der Waals surface area (Å²) < 4.78 is 0. The molecule has 1 aliphatic carbocycles. The number of amides is 2. The van der Waals surface area contributed by atoms with Crippen molar-refractivity contribution in [3.8, 4) is 0 Å². The van der Waals surface area contributed by atoms with Crippen LogP contribution in [0.3, 0.4) is 0 Å². The Hall–Kier alpha value is -3.06. The molecule has 1 heterocycles. The Balaban J connectivity index is 1.34. The molecule has 0 bridgehead atoms. The molecule has 7 heteroatoms. The average Bonchev–Trinajstić information content (AvgIpc) is 3.55. The molecule has 7 nitrogen and oxygen atoms in total. The third-order valence-corrected chi connectivity index (χ3v) is 6.46. The van der Waals surface area contributed by atoms with E-state index >= 15 is 0 Å². The lowest BCUT2D eigenvalue weighted by atomic mass is 9.86. The number of rotatable bonds is 7. The maximum atomic E-state index is 12.7. The smallest absolute Gasteiger partial charge is 0.409 e. The van der Waals surface area contributed by atoms with Crippen LogP contribution in [0.5, 0.6) is 0 Å². The summed E-state index contributed by atoms with van der Waals surface area (Å²) in [7, 11) is 0. The van der Waals surface area contributed by atoms with Crippen LogP contribution >= 0.6 is 0 Å². The Morgan fingerprint density at radius 1 is 1.00 bits per heavy atom. The van der Waals surface area contributed by atoms with Crippen LogP contribution in [0, 0.1) is 5.92 Å². The molecule has 2 aliphatic rings. The van der Waals surface area contributed by atoms with Gasteiger partial charge in [-0.2, -0.15) is 0 Å². The van der Waals surface area contributed by atoms with Gasteiger partial charge in [-0.15, -0.1) is 0 Å². The molecule has 0 spiro atoms. The summed E-state index contributed by atoms with van der Waals surface area (Å²) in [6.07, 6.45) is 3.80. The molecule has 0 aromatic heterocycles. The number of nitrogens with zero attached hydrogens (tertiary/aromatic N) is 1. The highest BCUT2D eigenvalue weighted by atomic mass is 16.4. The van der Waals surface area contributed by atoms with Crippen molar-refractivity contribution < 1.29 is 14.7 Å². The molecule has 1 unspecified atom stereocenters. The number of carbonyl (C=O) groups excluding carboxylic acids is 1. The topological polar surface area (TPSA) is 93.7 Å². The van der Waals surface area contributed by atoms with E-state index < -0.39 is 6.09 Å². The minimum atomic E-state index is -1.18. The van der Waals surface area contributed by atoms with Gasteiger partial charge in [-0.3, -0.25) is 15.0 Å².